The Kier molecular flexibility index (Phi) is 4.77. The van der Waals surface area contributed by atoms with Crippen molar-refractivity contribution >= 4 is 11.8 Å². The number of nitrogens with one attached hydrogen (secondary N) is 1. The van der Waals surface area contributed by atoms with Crippen LogP contribution in [0.3, 0.4) is 0 Å². The fourth-order valence-corrected chi connectivity index (χ4v) is 2.79. The van der Waals surface area contributed by atoms with Crippen LogP contribution in [0.4, 0.5) is 8.78 Å². The maximum atomic E-state index is 13.8. The molecule has 1 aromatic carbocycles. The summed E-state index contributed by atoms with van der Waals surface area (Å²) >= 11 is 1.39. The topological polar surface area (TPSA) is 45.8 Å². The highest BCUT2D eigenvalue weighted by Gasteiger charge is 2.20. The van der Waals surface area contributed by atoms with Gasteiger partial charge in [-0.1, -0.05) is 38.6 Å². The van der Waals surface area contributed by atoms with E-state index >= 15 is 0 Å². The van der Waals surface area contributed by atoms with E-state index in [1.165, 1.54) is 36.0 Å². The largest absolute Gasteiger partial charge is 0.301 e. The van der Waals surface area contributed by atoms with Gasteiger partial charge in [0.15, 0.2) is 5.16 Å². The van der Waals surface area contributed by atoms with Crippen molar-refractivity contribution in [2.24, 2.45) is 0 Å². The molecule has 112 valence electrons. The summed E-state index contributed by atoms with van der Waals surface area (Å²) in [6, 6.07) is 4.99. The summed E-state index contributed by atoms with van der Waals surface area (Å²) in [5, 5.41) is 0.694. The molecule has 6 heteroatoms. The van der Waals surface area contributed by atoms with Gasteiger partial charge in [0.2, 0.25) is 0 Å². The van der Waals surface area contributed by atoms with Crippen molar-refractivity contribution in [3.8, 4) is 0 Å². The molecule has 1 atom stereocenters. The second kappa shape index (κ2) is 6.39. The molecule has 0 spiro atoms. The first kappa shape index (κ1) is 15.7. The molecule has 0 bridgehead atoms. The Morgan fingerprint density at radius 1 is 1.19 bits per heavy atom. The Bertz CT molecular complexity index is 680. The zero-order valence-corrected chi connectivity index (χ0v) is 12.8. The monoisotopic (exact) mass is 310 g/mol. The SMILES string of the molecule is CC(C)Sc1nc([C@@H](C)c2c(F)cccc2F)cc(=O)[nH]1. The van der Waals surface area contributed by atoms with Gasteiger partial charge in [0.1, 0.15) is 11.6 Å². The fraction of sp³-hybridized carbons (Fsp3) is 0.333. The number of aromatic nitrogens is 2. The Labute approximate surface area is 125 Å². The fourth-order valence-electron chi connectivity index (χ4n) is 2.03. The van der Waals surface area contributed by atoms with Crippen LogP contribution in [-0.4, -0.2) is 15.2 Å². The molecule has 0 radical (unpaired) electrons. The minimum atomic E-state index is -0.639. The van der Waals surface area contributed by atoms with Crippen LogP contribution in [0.5, 0.6) is 0 Å². The molecule has 1 heterocycles. The molecular weight excluding hydrogens is 294 g/mol. The molecule has 0 saturated heterocycles. The number of benzene rings is 1. The molecule has 1 aromatic heterocycles. The van der Waals surface area contributed by atoms with E-state index in [1.807, 2.05) is 13.8 Å². The van der Waals surface area contributed by atoms with E-state index < -0.39 is 17.6 Å². The van der Waals surface area contributed by atoms with Crippen LogP contribution >= 0.6 is 11.8 Å². The third kappa shape index (κ3) is 3.69. The molecule has 0 unspecified atom stereocenters. The van der Waals surface area contributed by atoms with Crippen LogP contribution in [0.15, 0.2) is 34.2 Å². The predicted octanol–water partition coefficient (Wildman–Crippen LogP) is 3.70. The van der Waals surface area contributed by atoms with Crippen LogP contribution in [0.2, 0.25) is 0 Å². The molecule has 0 aliphatic carbocycles. The molecule has 0 aliphatic rings. The van der Waals surface area contributed by atoms with Gasteiger partial charge < -0.3 is 4.98 Å². The molecule has 2 aromatic rings. The Balaban J connectivity index is 2.46. The molecule has 0 amide bonds. The van der Waals surface area contributed by atoms with Crippen molar-refractivity contribution in [2.75, 3.05) is 0 Å². The summed E-state index contributed by atoms with van der Waals surface area (Å²) in [6.45, 7) is 5.57. The normalized spacial score (nSPS) is 12.7. The predicted molar refractivity (Wildman–Crippen MR) is 79.7 cm³/mol. The number of H-pyrrole nitrogens is 1. The van der Waals surface area contributed by atoms with Crippen LogP contribution in [0, 0.1) is 11.6 Å². The molecule has 21 heavy (non-hydrogen) atoms. The zero-order valence-electron chi connectivity index (χ0n) is 12.0. The lowest BCUT2D eigenvalue weighted by Crippen LogP contribution is -2.14. The first-order chi connectivity index (χ1) is 9.88. The van der Waals surface area contributed by atoms with Gasteiger partial charge in [0, 0.05) is 22.8 Å². The van der Waals surface area contributed by atoms with Gasteiger partial charge in [0.25, 0.3) is 5.56 Å². The van der Waals surface area contributed by atoms with Crippen LogP contribution < -0.4 is 5.56 Å². The van der Waals surface area contributed by atoms with Crippen molar-refractivity contribution in [3.05, 3.63) is 57.5 Å². The quantitative estimate of drug-likeness (QED) is 0.692. The molecule has 2 rings (SSSR count). The summed E-state index contributed by atoms with van der Waals surface area (Å²) in [5.41, 5.74) is -0.0475. The molecule has 0 saturated carbocycles. The maximum Gasteiger partial charge on any atom is 0.251 e. The van der Waals surface area contributed by atoms with Gasteiger partial charge in [-0.2, -0.15) is 0 Å². The third-order valence-corrected chi connectivity index (χ3v) is 3.85. The smallest absolute Gasteiger partial charge is 0.251 e. The highest BCUT2D eigenvalue weighted by molar-refractivity contribution is 7.99. The standard InChI is InChI=1S/C15H16F2N2OS/c1-8(2)21-15-18-12(7-13(20)19-15)9(3)14-10(16)5-4-6-11(14)17/h4-9H,1-3H3,(H,18,19,20)/t9-/m1/s1. The number of thioether (sulfide) groups is 1. The average molecular weight is 310 g/mol. The lowest BCUT2D eigenvalue weighted by Gasteiger charge is -2.14. The van der Waals surface area contributed by atoms with E-state index in [-0.39, 0.29) is 16.4 Å². The van der Waals surface area contributed by atoms with Crippen molar-refractivity contribution < 1.29 is 8.78 Å². The first-order valence-corrected chi connectivity index (χ1v) is 7.48. The van der Waals surface area contributed by atoms with Crippen molar-refractivity contribution in [3.63, 3.8) is 0 Å². The Morgan fingerprint density at radius 2 is 1.81 bits per heavy atom. The Morgan fingerprint density at radius 3 is 2.38 bits per heavy atom. The van der Waals surface area contributed by atoms with Gasteiger partial charge in [-0.3, -0.25) is 4.79 Å². The minimum absolute atomic E-state index is 0.0731. The van der Waals surface area contributed by atoms with E-state index in [0.29, 0.717) is 10.9 Å². The molecule has 0 aliphatic heterocycles. The average Bonchev–Trinajstić information content (AvgIpc) is 2.36. The van der Waals surface area contributed by atoms with Gasteiger partial charge in [-0.15, -0.1) is 0 Å². The number of hydrogen-bond acceptors (Lipinski definition) is 3. The van der Waals surface area contributed by atoms with Crippen LogP contribution in [0.1, 0.15) is 37.9 Å². The lowest BCUT2D eigenvalue weighted by atomic mass is 9.96. The third-order valence-electron chi connectivity index (χ3n) is 2.96. The number of nitrogens with zero attached hydrogens (tertiary/aromatic N) is 1. The second-order valence-corrected chi connectivity index (χ2v) is 6.56. The molecule has 0 fully saturated rings. The first-order valence-electron chi connectivity index (χ1n) is 6.60. The van der Waals surface area contributed by atoms with E-state index in [9.17, 15) is 13.6 Å². The van der Waals surface area contributed by atoms with E-state index in [0.717, 1.165) is 0 Å². The van der Waals surface area contributed by atoms with E-state index in [1.54, 1.807) is 6.92 Å². The molecular formula is C15H16F2N2OS. The van der Waals surface area contributed by atoms with Gasteiger partial charge >= 0.3 is 0 Å². The summed E-state index contributed by atoms with van der Waals surface area (Å²) in [7, 11) is 0. The number of aromatic amines is 1. The summed E-state index contributed by atoms with van der Waals surface area (Å²) in [6.07, 6.45) is 0. The minimum Gasteiger partial charge on any atom is -0.301 e. The molecule has 1 N–H and O–H groups in total. The highest BCUT2D eigenvalue weighted by atomic mass is 32.2. The van der Waals surface area contributed by atoms with Gasteiger partial charge in [0.05, 0.1) is 5.69 Å². The summed E-state index contributed by atoms with van der Waals surface area (Å²) in [4.78, 5) is 18.6. The van der Waals surface area contributed by atoms with Crippen molar-refractivity contribution in [1.82, 2.24) is 9.97 Å². The van der Waals surface area contributed by atoms with E-state index in [4.69, 9.17) is 0 Å². The number of rotatable bonds is 4. The Hall–Kier alpha value is -1.69. The van der Waals surface area contributed by atoms with Gasteiger partial charge in [-0.05, 0) is 12.1 Å². The lowest BCUT2D eigenvalue weighted by molar-refractivity contribution is 0.543. The van der Waals surface area contributed by atoms with Crippen molar-refractivity contribution in [2.45, 2.75) is 37.1 Å². The van der Waals surface area contributed by atoms with Crippen LogP contribution in [-0.2, 0) is 0 Å². The van der Waals surface area contributed by atoms with E-state index in [2.05, 4.69) is 9.97 Å². The maximum absolute atomic E-state index is 13.8. The summed E-state index contributed by atoms with van der Waals surface area (Å²) in [5.74, 6) is -1.91. The van der Waals surface area contributed by atoms with Gasteiger partial charge in [-0.25, -0.2) is 13.8 Å². The van der Waals surface area contributed by atoms with Crippen LogP contribution in [0.25, 0.3) is 0 Å². The van der Waals surface area contributed by atoms with Crippen molar-refractivity contribution in [1.29, 1.82) is 0 Å². The highest BCUT2D eigenvalue weighted by Crippen LogP contribution is 2.28. The summed E-state index contributed by atoms with van der Waals surface area (Å²) < 4.78 is 27.7. The zero-order chi connectivity index (χ0) is 15.6. The second-order valence-electron chi connectivity index (χ2n) is 5.00. The molecule has 3 nitrogen and oxygen atoms in total. The number of halogens is 2. The number of hydrogen-bond donors (Lipinski definition) is 1.